The first kappa shape index (κ1) is 15.0. The third-order valence-electron chi connectivity index (χ3n) is 2.19. The first-order valence-electron chi connectivity index (χ1n) is 5.61. The van der Waals surface area contributed by atoms with E-state index in [9.17, 15) is 13.2 Å². The minimum Gasteiger partial charge on any atom is -0.166 e. The van der Waals surface area contributed by atoms with Crippen molar-refractivity contribution in [1.29, 1.82) is 0 Å². The molecule has 0 aromatic heterocycles. The Balaban J connectivity index is 0.000000487. The molecule has 0 radical (unpaired) electrons. The molecule has 1 rings (SSSR count). The topological polar surface area (TPSA) is 0 Å². The lowest BCUT2D eigenvalue weighted by Gasteiger charge is -2.06. The van der Waals surface area contributed by atoms with Crippen LogP contribution < -0.4 is 0 Å². The van der Waals surface area contributed by atoms with Crippen LogP contribution in [0.5, 0.6) is 0 Å². The van der Waals surface area contributed by atoms with Gasteiger partial charge in [0, 0.05) is 0 Å². The van der Waals surface area contributed by atoms with Crippen molar-refractivity contribution in [2.75, 3.05) is 0 Å². The van der Waals surface area contributed by atoms with Gasteiger partial charge in [0.1, 0.15) is 0 Å². The van der Waals surface area contributed by atoms with Crippen molar-refractivity contribution in [3.63, 3.8) is 0 Å². The smallest absolute Gasteiger partial charge is 0.166 e. The molecule has 92 valence electrons. The largest absolute Gasteiger partial charge is 0.416 e. The predicted octanol–water partition coefficient (Wildman–Crippen LogP) is 5.07. The molecule has 0 fully saturated rings. The Kier molecular flexibility index (Phi) is 6.86. The van der Waals surface area contributed by atoms with Crippen LogP contribution in [0, 0.1) is 0 Å². The van der Waals surface area contributed by atoms with Gasteiger partial charge in [-0.2, -0.15) is 13.2 Å². The van der Waals surface area contributed by atoms with Gasteiger partial charge in [-0.05, 0) is 24.1 Å². The Hall–Kier alpha value is -0.990. The molecular weight excluding hydrogens is 213 g/mol. The summed E-state index contributed by atoms with van der Waals surface area (Å²) in [4.78, 5) is 0. The van der Waals surface area contributed by atoms with E-state index in [0.717, 1.165) is 24.1 Å². The van der Waals surface area contributed by atoms with Gasteiger partial charge in [0.2, 0.25) is 0 Å². The summed E-state index contributed by atoms with van der Waals surface area (Å²) in [5.74, 6) is 0. The Bertz CT molecular complexity index is 270. The third kappa shape index (κ3) is 5.79. The maximum absolute atomic E-state index is 12.0. The fourth-order valence-electron chi connectivity index (χ4n) is 0.929. The number of benzene rings is 1. The van der Waals surface area contributed by atoms with Gasteiger partial charge in [0.05, 0.1) is 5.56 Å². The molecule has 0 bridgehead atoms. The van der Waals surface area contributed by atoms with Crippen LogP contribution in [0.2, 0.25) is 0 Å². The Morgan fingerprint density at radius 2 is 1.31 bits per heavy atom. The molecule has 0 spiro atoms. The molecule has 0 atom stereocenters. The fourth-order valence-corrected chi connectivity index (χ4v) is 0.929. The summed E-state index contributed by atoms with van der Waals surface area (Å²) >= 11 is 0. The molecule has 0 nitrogen and oxygen atoms in total. The number of alkyl halides is 3. The number of aryl methyl sites for hydroxylation is 1. The van der Waals surface area contributed by atoms with E-state index in [0.29, 0.717) is 0 Å². The van der Waals surface area contributed by atoms with Gasteiger partial charge in [-0.25, -0.2) is 0 Å². The highest BCUT2D eigenvalue weighted by atomic mass is 19.4. The van der Waals surface area contributed by atoms with E-state index in [2.05, 4.69) is 13.8 Å². The molecule has 0 unspecified atom stereocenters. The normalized spacial score (nSPS) is 10.6. The average Bonchev–Trinajstić information content (AvgIpc) is 2.28. The zero-order chi connectivity index (χ0) is 12.6. The SMILES string of the molecule is CCCC.CCc1ccc(C(F)(F)F)cc1. The molecule has 0 N–H and O–H groups in total. The van der Waals surface area contributed by atoms with Crippen LogP contribution in [-0.4, -0.2) is 0 Å². The van der Waals surface area contributed by atoms with Crippen molar-refractivity contribution in [2.24, 2.45) is 0 Å². The maximum atomic E-state index is 12.0. The predicted molar refractivity (Wildman–Crippen MR) is 61.4 cm³/mol. The Morgan fingerprint density at radius 3 is 1.56 bits per heavy atom. The molecule has 0 heterocycles. The number of hydrogen-bond donors (Lipinski definition) is 0. The molecule has 0 aliphatic heterocycles. The molecule has 0 saturated heterocycles. The van der Waals surface area contributed by atoms with Gasteiger partial charge in [-0.1, -0.05) is 45.7 Å². The van der Waals surface area contributed by atoms with E-state index in [1.165, 1.54) is 25.0 Å². The summed E-state index contributed by atoms with van der Waals surface area (Å²) in [6, 6.07) is 5.23. The van der Waals surface area contributed by atoms with Crippen LogP contribution >= 0.6 is 0 Å². The summed E-state index contributed by atoms with van der Waals surface area (Å²) in [6.07, 6.45) is -0.815. The number of hydrogen-bond acceptors (Lipinski definition) is 0. The van der Waals surface area contributed by atoms with Gasteiger partial charge < -0.3 is 0 Å². The number of unbranched alkanes of at least 4 members (excludes halogenated alkanes) is 1. The monoisotopic (exact) mass is 232 g/mol. The van der Waals surface area contributed by atoms with Crippen molar-refractivity contribution >= 4 is 0 Å². The Morgan fingerprint density at radius 1 is 0.875 bits per heavy atom. The average molecular weight is 232 g/mol. The van der Waals surface area contributed by atoms with Crippen LogP contribution in [0.4, 0.5) is 13.2 Å². The van der Waals surface area contributed by atoms with Crippen LogP contribution in [0.25, 0.3) is 0 Å². The molecule has 1 aromatic carbocycles. The second kappa shape index (κ2) is 7.31. The number of halogens is 3. The van der Waals surface area contributed by atoms with E-state index < -0.39 is 11.7 Å². The van der Waals surface area contributed by atoms with Gasteiger partial charge >= 0.3 is 6.18 Å². The summed E-state index contributed by atoms with van der Waals surface area (Å²) in [5, 5.41) is 0. The zero-order valence-corrected chi connectivity index (χ0v) is 10.1. The standard InChI is InChI=1S/C9H9F3.C4H10/c1-2-7-3-5-8(6-4-7)9(10,11)12;1-3-4-2/h3-6H,2H2,1H3;3-4H2,1-2H3. The second-order valence-corrected chi connectivity index (χ2v) is 3.55. The van der Waals surface area contributed by atoms with Gasteiger partial charge in [-0.15, -0.1) is 0 Å². The van der Waals surface area contributed by atoms with Crippen LogP contribution in [-0.2, 0) is 12.6 Å². The van der Waals surface area contributed by atoms with E-state index in [-0.39, 0.29) is 0 Å². The van der Waals surface area contributed by atoms with E-state index in [1.54, 1.807) is 0 Å². The van der Waals surface area contributed by atoms with Gasteiger partial charge in [0.15, 0.2) is 0 Å². The molecule has 3 heteroatoms. The molecule has 1 aromatic rings. The van der Waals surface area contributed by atoms with Crippen LogP contribution in [0.15, 0.2) is 24.3 Å². The first-order valence-corrected chi connectivity index (χ1v) is 5.61. The molecule has 0 saturated carbocycles. The summed E-state index contributed by atoms with van der Waals surface area (Å²) in [7, 11) is 0. The summed E-state index contributed by atoms with van der Waals surface area (Å²) in [6.45, 7) is 6.27. The minimum atomic E-state index is -4.22. The highest BCUT2D eigenvalue weighted by Crippen LogP contribution is 2.28. The lowest BCUT2D eigenvalue weighted by Crippen LogP contribution is -2.04. The lowest BCUT2D eigenvalue weighted by molar-refractivity contribution is -0.137. The van der Waals surface area contributed by atoms with E-state index in [1.807, 2.05) is 6.92 Å². The van der Waals surface area contributed by atoms with Crippen molar-refractivity contribution in [1.82, 2.24) is 0 Å². The van der Waals surface area contributed by atoms with Crippen LogP contribution in [0.1, 0.15) is 44.7 Å². The zero-order valence-electron chi connectivity index (χ0n) is 10.1. The quantitative estimate of drug-likeness (QED) is 0.667. The first-order chi connectivity index (χ1) is 7.45. The van der Waals surface area contributed by atoms with E-state index >= 15 is 0 Å². The molecule has 0 amide bonds. The molecule has 0 aliphatic carbocycles. The molecular formula is C13H19F3. The molecule has 0 aliphatic rings. The highest BCUT2D eigenvalue weighted by molar-refractivity contribution is 5.24. The third-order valence-corrected chi connectivity index (χ3v) is 2.19. The highest BCUT2D eigenvalue weighted by Gasteiger charge is 2.29. The fraction of sp³-hybridized carbons (Fsp3) is 0.538. The number of rotatable bonds is 2. The van der Waals surface area contributed by atoms with Crippen molar-refractivity contribution < 1.29 is 13.2 Å². The lowest BCUT2D eigenvalue weighted by atomic mass is 10.1. The van der Waals surface area contributed by atoms with Gasteiger partial charge in [0.25, 0.3) is 0 Å². The van der Waals surface area contributed by atoms with Crippen LogP contribution in [0.3, 0.4) is 0 Å². The molecule has 16 heavy (non-hydrogen) atoms. The summed E-state index contributed by atoms with van der Waals surface area (Å²) in [5.41, 5.74) is 0.336. The van der Waals surface area contributed by atoms with Crippen molar-refractivity contribution in [2.45, 2.75) is 46.2 Å². The summed E-state index contributed by atoms with van der Waals surface area (Å²) < 4.78 is 36.1. The maximum Gasteiger partial charge on any atom is 0.416 e. The van der Waals surface area contributed by atoms with Crippen molar-refractivity contribution in [3.05, 3.63) is 35.4 Å². The van der Waals surface area contributed by atoms with Gasteiger partial charge in [-0.3, -0.25) is 0 Å². The van der Waals surface area contributed by atoms with Crippen molar-refractivity contribution in [3.8, 4) is 0 Å². The Labute approximate surface area is 95.5 Å². The van der Waals surface area contributed by atoms with E-state index in [4.69, 9.17) is 0 Å². The minimum absolute atomic E-state index is 0.584. The second-order valence-electron chi connectivity index (χ2n) is 3.55.